The fourth-order valence-electron chi connectivity index (χ4n) is 1.91. The van der Waals surface area contributed by atoms with Gasteiger partial charge in [0.15, 0.2) is 10.1 Å². The molecule has 1 amide bonds. The zero-order valence-electron chi connectivity index (χ0n) is 16.4. The summed E-state index contributed by atoms with van der Waals surface area (Å²) < 4.78 is 145. The molecule has 0 bridgehead atoms. The lowest BCUT2D eigenvalue weighted by atomic mass is 10.1. The molecule has 0 radical (unpaired) electrons. The van der Waals surface area contributed by atoms with Gasteiger partial charge >= 0.3 is 35.0 Å². The van der Waals surface area contributed by atoms with Crippen molar-refractivity contribution in [3.63, 3.8) is 0 Å². The summed E-state index contributed by atoms with van der Waals surface area (Å²) in [4.78, 5) is 34.1. The van der Waals surface area contributed by atoms with Gasteiger partial charge in [-0.25, -0.2) is 13.2 Å². The van der Waals surface area contributed by atoms with Crippen LogP contribution >= 0.6 is 0 Å². The molecule has 0 aromatic heterocycles. The van der Waals surface area contributed by atoms with E-state index in [9.17, 15) is 62.5 Å². The number of rotatable bonds is 13. The third-order valence-electron chi connectivity index (χ3n) is 3.56. The van der Waals surface area contributed by atoms with Crippen molar-refractivity contribution in [3.8, 4) is 0 Å². The number of Topliss-reactive ketones (excluding diaryl/α,β-unsaturated/α-hetero) is 1. The quantitative estimate of drug-likeness (QED) is 0.0967. The van der Waals surface area contributed by atoms with Crippen molar-refractivity contribution in [2.24, 2.45) is 0 Å². The maximum atomic E-state index is 13.5. The van der Waals surface area contributed by atoms with Gasteiger partial charge in [-0.05, 0) is 19.8 Å². The summed E-state index contributed by atoms with van der Waals surface area (Å²) in [6.45, 7) is 0.752. The highest BCUT2D eigenvalue weighted by atomic mass is 32.2. The maximum Gasteiger partial charge on any atom is 0.466 e. The number of hydrogen-bond acceptors (Lipinski definition) is 8. The number of nitrogens with one attached hydrogen (secondary N) is 1. The normalized spacial score (nSPS) is 14.8. The van der Waals surface area contributed by atoms with Crippen LogP contribution in [0.3, 0.4) is 0 Å². The van der Waals surface area contributed by atoms with Crippen LogP contribution < -0.4 is 5.32 Å². The highest BCUT2D eigenvalue weighted by Gasteiger charge is 2.66. The van der Waals surface area contributed by atoms with E-state index in [1.807, 2.05) is 0 Å². The Bertz CT molecular complexity index is 874. The molecule has 0 aliphatic rings. The van der Waals surface area contributed by atoms with Gasteiger partial charge < -0.3 is 19.3 Å². The molecule has 0 saturated carbocycles. The SMILES string of the molecule is C=C(F)C(=O)OC(OCCCCC(F)(F)C(F)(F)S(=O)(=O)[O-])(C(=O)NCC(C)=O)C(F)(F)F. The molecule has 0 spiro atoms. The number of halogens is 8. The van der Waals surface area contributed by atoms with Gasteiger partial charge in [0.25, 0.3) is 0 Å². The van der Waals surface area contributed by atoms with Gasteiger partial charge in [0.05, 0.1) is 13.2 Å². The zero-order valence-corrected chi connectivity index (χ0v) is 17.3. The Hall–Kier alpha value is -2.34. The summed E-state index contributed by atoms with van der Waals surface area (Å²) in [5.74, 6) is -17.7. The second-order valence-electron chi connectivity index (χ2n) is 6.27. The van der Waals surface area contributed by atoms with Gasteiger partial charge in [-0.15, -0.1) is 0 Å². The van der Waals surface area contributed by atoms with Crippen LogP contribution in [0, 0.1) is 0 Å². The number of unbranched alkanes of at least 4 members (excludes halogenated alkanes) is 1. The molecule has 0 fully saturated rings. The van der Waals surface area contributed by atoms with E-state index in [4.69, 9.17) is 0 Å². The number of carbonyl (C=O) groups is 3. The van der Waals surface area contributed by atoms with E-state index in [1.54, 1.807) is 0 Å². The molecule has 0 aliphatic heterocycles. The molecule has 0 aromatic carbocycles. The average molecular weight is 522 g/mol. The Balaban J connectivity index is 5.58. The summed E-state index contributed by atoms with van der Waals surface area (Å²) in [6.07, 6.45) is -10.1. The maximum absolute atomic E-state index is 13.5. The van der Waals surface area contributed by atoms with Crippen LogP contribution in [0.25, 0.3) is 0 Å². The van der Waals surface area contributed by atoms with Crippen molar-refractivity contribution in [2.45, 2.75) is 49.3 Å². The van der Waals surface area contributed by atoms with Crippen LogP contribution in [0.5, 0.6) is 0 Å². The first-order chi connectivity index (χ1) is 14.6. The van der Waals surface area contributed by atoms with E-state index in [-0.39, 0.29) is 0 Å². The lowest BCUT2D eigenvalue weighted by Gasteiger charge is -2.33. The molecular formula is C15H16F8NO8S-. The van der Waals surface area contributed by atoms with Crippen molar-refractivity contribution < 1.29 is 72.0 Å². The molecule has 0 saturated heterocycles. The molecule has 0 aliphatic carbocycles. The van der Waals surface area contributed by atoms with Crippen LogP contribution in [-0.4, -0.2) is 66.9 Å². The third-order valence-corrected chi connectivity index (χ3v) is 4.48. The predicted molar refractivity (Wildman–Crippen MR) is 88.2 cm³/mol. The topological polar surface area (TPSA) is 139 Å². The molecule has 18 heteroatoms. The minimum atomic E-state index is -6.79. The first-order valence-corrected chi connectivity index (χ1v) is 9.80. The molecule has 0 heterocycles. The summed E-state index contributed by atoms with van der Waals surface area (Å²) in [5, 5.41) is -4.64. The standard InChI is InChI=1S/C15H17F8NO8S/c1-8(25)7-24-11(27)13(14(19,20)21,32-10(26)9(2)16)31-6-4-3-5-12(17,18)15(22,23)33(28,29)30/h2-7H2,1H3,(H,24,27)(H,28,29,30)/p-1. The summed E-state index contributed by atoms with van der Waals surface area (Å²) in [6, 6.07) is 0. The molecular weight excluding hydrogens is 506 g/mol. The van der Waals surface area contributed by atoms with Crippen molar-refractivity contribution in [1.82, 2.24) is 5.32 Å². The number of hydrogen-bond donors (Lipinski definition) is 1. The van der Waals surface area contributed by atoms with Gasteiger partial charge in [0, 0.05) is 6.42 Å². The zero-order chi connectivity index (χ0) is 26.5. The van der Waals surface area contributed by atoms with Crippen LogP contribution in [-0.2, 0) is 34.0 Å². The molecule has 1 atom stereocenters. The third kappa shape index (κ3) is 7.60. The van der Waals surface area contributed by atoms with Gasteiger partial charge in [-0.3, -0.25) is 9.59 Å². The van der Waals surface area contributed by atoms with Crippen molar-refractivity contribution in [2.75, 3.05) is 13.2 Å². The molecule has 33 heavy (non-hydrogen) atoms. The van der Waals surface area contributed by atoms with E-state index >= 15 is 0 Å². The van der Waals surface area contributed by atoms with Gasteiger partial charge in [0.2, 0.25) is 5.83 Å². The highest BCUT2D eigenvalue weighted by molar-refractivity contribution is 7.86. The molecule has 0 rings (SSSR count). The monoisotopic (exact) mass is 522 g/mol. The molecule has 1 N–H and O–H groups in total. The van der Waals surface area contributed by atoms with Crippen LogP contribution in [0.2, 0.25) is 0 Å². The number of amides is 1. The smallest absolute Gasteiger partial charge is 0.466 e. The molecule has 1 unspecified atom stereocenters. The van der Waals surface area contributed by atoms with E-state index in [2.05, 4.69) is 16.1 Å². The predicted octanol–water partition coefficient (Wildman–Crippen LogP) is 1.94. The van der Waals surface area contributed by atoms with Crippen LogP contribution in [0.4, 0.5) is 35.1 Å². The minimum absolute atomic E-state index is 0.837. The summed E-state index contributed by atoms with van der Waals surface area (Å²) >= 11 is 0. The Labute approximate surface area is 180 Å². The second kappa shape index (κ2) is 10.7. The van der Waals surface area contributed by atoms with E-state index < -0.39 is 89.2 Å². The molecule has 192 valence electrons. The highest BCUT2D eigenvalue weighted by Crippen LogP contribution is 2.42. The number of ether oxygens (including phenoxy) is 2. The lowest BCUT2D eigenvalue weighted by Crippen LogP contribution is -2.62. The van der Waals surface area contributed by atoms with E-state index in [1.165, 1.54) is 5.32 Å². The number of carbonyl (C=O) groups excluding carboxylic acids is 3. The fraction of sp³-hybridized carbons (Fsp3) is 0.667. The lowest BCUT2D eigenvalue weighted by molar-refractivity contribution is -0.347. The van der Waals surface area contributed by atoms with Crippen LogP contribution in [0.1, 0.15) is 26.2 Å². The first-order valence-electron chi connectivity index (χ1n) is 8.39. The Kier molecular flexibility index (Phi) is 9.96. The fourth-order valence-corrected chi connectivity index (χ4v) is 2.38. The van der Waals surface area contributed by atoms with Gasteiger partial charge in [-0.2, -0.15) is 35.1 Å². The first kappa shape index (κ1) is 30.7. The van der Waals surface area contributed by atoms with Crippen LogP contribution in [0.15, 0.2) is 12.4 Å². The average Bonchev–Trinajstić information content (AvgIpc) is 2.62. The van der Waals surface area contributed by atoms with Crippen molar-refractivity contribution in [3.05, 3.63) is 12.4 Å². The van der Waals surface area contributed by atoms with E-state index in [0.29, 0.717) is 0 Å². The number of ketones is 1. The van der Waals surface area contributed by atoms with Gasteiger partial charge in [0.1, 0.15) is 5.78 Å². The van der Waals surface area contributed by atoms with Crippen molar-refractivity contribution >= 4 is 27.8 Å². The summed E-state index contributed by atoms with van der Waals surface area (Å²) in [7, 11) is -6.79. The Morgan fingerprint density at radius 1 is 1.03 bits per heavy atom. The Morgan fingerprint density at radius 2 is 1.55 bits per heavy atom. The Morgan fingerprint density at radius 3 is 1.94 bits per heavy atom. The number of esters is 1. The second-order valence-corrected chi connectivity index (χ2v) is 7.70. The molecule has 9 nitrogen and oxygen atoms in total. The minimum Gasteiger partial charge on any atom is -0.743 e. The van der Waals surface area contributed by atoms with Crippen molar-refractivity contribution in [1.29, 1.82) is 0 Å². The van der Waals surface area contributed by atoms with E-state index in [0.717, 1.165) is 6.92 Å². The largest absolute Gasteiger partial charge is 0.743 e. The van der Waals surface area contributed by atoms with Gasteiger partial charge in [-0.1, -0.05) is 6.58 Å². The number of alkyl halides is 7. The summed E-state index contributed by atoms with van der Waals surface area (Å²) in [5.41, 5.74) is 0. The molecule has 0 aromatic rings.